The average Bonchev–Trinajstić information content (AvgIpc) is 2.63. The Morgan fingerprint density at radius 2 is 2.35 bits per heavy atom. The summed E-state index contributed by atoms with van der Waals surface area (Å²) >= 11 is 9.15. The minimum absolute atomic E-state index is 0.0358. The van der Waals surface area contributed by atoms with Crippen LogP contribution in [0.1, 0.15) is 24.4 Å². The van der Waals surface area contributed by atoms with Crippen LogP contribution in [0, 0.1) is 5.82 Å². The Kier molecular flexibility index (Phi) is 2.89. The van der Waals surface area contributed by atoms with Crippen molar-refractivity contribution in [1.29, 1.82) is 0 Å². The van der Waals surface area contributed by atoms with Gasteiger partial charge >= 0.3 is 0 Å². The van der Waals surface area contributed by atoms with Gasteiger partial charge in [0.25, 0.3) is 5.91 Å². The van der Waals surface area contributed by atoms with E-state index in [4.69, 9.17) is 14.3 Å². The Balaban J connectivity index is 2.03. The van der Waals surface area contributed by atoms with Gasteiger partial charge in [-0.25, -0.2) is 4.39 Å². The molecule has 3 nitrogen and oxygen atoms in total. The first-order chi connectivity index (χ1) is 10.3. The highest BCUT2D eigenvalue weighted by Crippen LogP contribution is 2.29. The van der Waals surface area contributed by atoms with Gasteiger partial charge in [-0.3, -0.25) is 9.78 Å². The van der Waals surface area contributed by atoms with Gasteiger partial charge in [-0.1, -0.05) is 27.5 Å². The quantitative estimate of drug-likeness (QED) is 0.819. The van der Waals surface area contributed by atoms with Crippen LogP contribution in [0.3, 0.4) is 0 Å². The van der Waals surface area contributed by atoms with Crippen molar-refractivity contribution in [3.8, 4) is 0 Å². The lowest BCUT2D eigenvalue weighted by Gasteiger charge is -2.17. The number of hydrogen-bond donors (Lipinski definition) is 0. The lowest BCUT2D eigenvalue weighted by molar-refractivity contribution is 0.0765. The largest absolute Gasteiger partial charge is 0.328 e. The third-order valence-corrected chi connectivity index (χ3v) is 3.74. The molecule has 0 unspecified atom stereocenters. The van der Waals surface area contributed by atoms with Crippen molar-refractivity contribution in [1.82, 2.24) is 9.88 Å². The van der Waals surface area contributed by atoms with E-state index in [1.165, 1.54) is 24.4 Å². The average molecular weight is 358 g/mol. The molecule has 0 saturated carbocycles. The maximum Gasteiger partial charge on any atom is 0.256 e. The molecule has 0 saturated heterocycles. The van der Waals surface area contributed by atoms with E-state index in [1.807, 2.05) is 0 Å². The first-order valence-corrected chi connectivity index (χ1v) is 6.90. The van der Waals surface area contributed by atoms with Gasteiger partial charge in [-0.05, 0) is 24.3 Å². The highest BCUT2D eigenvalue weighted by Gasteiger charge is 2.29. The van der Waals surface area contributed by atoms with Gasteiger partial charge in [-0.2, -0.15) is 0 Å². The summed E-state index contributed by atoms with van der Waals surface area (Å²) in [5, 5.41) is 0.124. The molecule has 3 rings (SSSR count). The molecule has 6 heteroatoms. The molecule has 2 heterocycles. The normalized spacial score (nSPS) is 17.8. The Morgan fingerprint density at radius 1 is 1.55 bits per heavy atom. The summed E-state index contributed by atoms with van der Waals surface area (Å²) in [6.07, 6.45) is 1.42. The van der Waals surface area contributed by atoms with Crippen LogP contribution in [0.2, 0.25) is 5.02 Å². The highest BCUT2D eigenvalue weighted by molar-refractivity contribution is 9.10. The summed E-state index contributed by atoms with van der Waals surface area (Å²) in [4.78, 5) is 17.3. The van der Waals surface area contributed by atoms with Crippen molar-refractivity contribution in [2.75, 3.05) is 0 Å². The maximum absolute atomic E-state index is 14.1. The van der Waals surface area contributed by atoms with Gasteiger partial charge in [0, 0.05) is 21.3 Å². The molecule has 1 aromatic carbocycles. The van der Waals surface area contributed by atoms with Crippen LogP contribution in [0.4, 0.5) is 4.39 Å². The number of hydrogen-bond acceptors (Lipinski definition) is 2. The fourth-order valence-electron chi connectivity index (χ4n) is 1.98. The number of pyridine rings is 1. The molecule has 0 radical (unpaired) electrons. The second kappa shape index (κ2) is 5.14. The Hall–Kier alpha value is -1.46. The predicted molar refractivity (Wildman–Crippen MR) is 76.9 cm³/mol. The van der Waals surface area contributed by atoms with E-state index in [2.05, 4.69) is 20.9 Å². The van der Waals surface area contributed by atoms with Gasteiger partial charge in [-0.15, -0.1) is 0 Å². The standard InChI is InChI=1S/C14H9BrClFN2O/c15-8-4-11(16)10(12(17)5-8)6-19-7-13-9(14(19)20)2-1-3-18-13/h1-5H,6-7H2/i7D2. The van der Waals surface area contributed by atoms with E-state index in [9.17, 15) is 9.18 Å². The van der Waals surface area contributed by atoms with Crippen molar-refractivity contribution in [3.63, 3.8) is 0 Å². The van der Waals surface area contributed by atoms with Crippen LogP contribution in [0.25, 0.3) is 0 Å². The lowest BCUT2D eigenvalue weighted by atomic mass is 10.2. The molecule has 0 bridgehead atoms. The minimum Gasteiger partial charge on any atom is -0.328 e. The first-order valence-electron chi connectivity index (χ1n) is 6.73. The third-order valence-electron chi connectivity index (χ3n) is 2.95. The Morgan fingerprint density at radius 3 is 3.05 bits per heavy atom. The van der Waals surface area contributed by atoms with E-state index in [1.54, 1.807) is 6.07 Å². The monoisotopic (exact) mass is 356 g/mol. The summed E-state index contributed by atoms with van der Waals surface area (Å²) in [5.41, 5.74) is 0.282. The summed E-state index contributed by atoms with van der Waals surface area (Å²) in [6.45, 7) is -2.39. The van der Waals surface area contributed by atoms with Gasteiger partial charge in [0.15, 0.2) is 0 Å². The van der Waals surface area contributed by atoms with E-state index in [-0.39, 0.29) is 28.4 Å². The second-order valence-electron chi connectivity index (χ2n) is 4.25. The van der Waals surface area contributed by atoms with Crippen LogP contribution in [0.15, 0.2) is 34.9 Å². The van der Waals surface area contributed by atoms with Crippen LogP contribution < -0.4 is 0 Å². The first kappa shape index (κ1) is 11.2. The van der Waals surface area contributed by atoms with Gasteiger partial charge in [0.2, 0.25) is 0 Å². The van der Waals surface area contributed by atoms with Crippen molar-refractivity contribution >= 4 is 33.4 Å². The molecule has 0 aliphatic carbocycles. The molecule has 2 aromatic rings. The lowest BCUT2D eigenvalue weighted by Crippen LogP contribution is -2.24. The second-order valence-corrected chi connectivity index (χ2v) is 5.57. The molecule has 1 aromatic heterocycles. The number of halogens is 3. The fourth-order valence-corrected chi connectivity index (χ4v) is 2.81. The summed E-state index contributed by atoms with van der Waals surface area (Å²) in [7, 11) is 0. The molecule has 102 valence electrons. The maximum atomic E-state index is 14.1. The number of fused-ring (bicyclic) bond motifs is 1. The summed E-state index contributed by atoms with van der Waals surface area (Å²) in [6, 6.07) is 5.79. The van der Waals surface area contributed by atoms with Crippen LogP contribution in [-0.2, 0) is 13.0 Å². The van der Waals surface area contributed by atoms with E-state index in [0.717, 1.165) is 4.90 Å². The minimum atomic E-state index is -2.11. The van der Waals surface area contributed by atoms with Crippen molar-refractivity contribution in [2.45, 2.75) is 13.0 Å². The zero-order valence-electron chi connectivity index (χ0n) is 12.0. The number of benzene rings is 1. The number of rotatable bonds is 2. The molecule has 0 spiro atoms. The van der Waals surface area contributed by atoms with Crippen molar-refractivity contribution in [3.05, 3.63) is 62.6 Å². The molecule has 1 amide bonds. The SMILES string of the molecule is [2H]C1([2H])c2ncccc2C(=O)N1Cc1c(F)cc(Br)cc1Cl. The van der Waals surface area contributed by atoms with Gasteiger partial charge in [0.1, 0.15) is 5.82 Å². The molecular formula is C14H9BrClFN2O. The Labute approximate surface area is 131 Å². The van der Waals surface area contributed by atoms with Gasteiger partial charge in [0.05, 0.1) is 27.0 Å². The molecule has 1 aliphatic heterocycles. The highest BCUT2D eigenvalue weighted by atomic mass is 79.9. The van der Waals surface area contributed by atoms with Crippen LogP contribution >= 0.6 is 27.5 Å². The smallest absolute Gasteiger partial charge is 0.256 e. The molecule has 0 fully saturated rings. The van der Waals surface area contributed by atoms with Gasteiger partial charge < -0.3 is 4.90 Å². The molecule has 0 atom stereocenters. The topological polar surface area (TPSA) is 33.2 Å². The summed E-state index contributed by atoms with van der Waals surface area (Å²) < 4.78 is 30.8. The summed E-state index contributed by atoms with van der Waals surface area (Å²) in [5.74, 6) is -1.14. The van der Waals surface area contributed by atoms with E-state index < -0.39 is 18.2 Å². The number of amides is 1. The number of carbonyl (C=O) groups is 1. The van der Waals surface area contributed by atoms with E-state index in [0.29, 0.717) is 4.47 Å². The fraction of sp³-hybridized carbons (Fsp3) is 0.143. The van der Waals surface area contributed by atoms with E-state index >= 15 is 0 Å². The number of aromatic nitrogens is 1. The van der Waals surface area contributed by atoms with Crippen LogP contribution in [0.5, 0.6) is 0 Å². The predicted octanol–water partition coefficient (Wildman–Crippen LogP) is 3.79. The third kappa shape index (κ3) is 2.31. The van der Waals surface area contributed by atoms with Crippen LogP contribution in [-0.4, -0.2) is 15.8 Å². The zero-order chi connectivity index (χ0) is 16.1. The number of carbonyl (C=O) groups excluding carboxylic acids is 1. The van der Waals surface area contributed by atoms with Crippen molar-refractivity contribution in [2.24, 2.45) is 0 Å². The zero-order valence-corrected chi connectivity index (χ0v) is 12.4. The van der Waals surface area contributed by atoms with Crippen molar-refractivity contribution < 1.29 is 11.9 Å². The Bertz CT molecular complexity index is 764. The molecule has 1 aliphatic rings. The molecular weight excluding hydrogens is 347 g/mol. The number of nitrogens with zero attached hydrogens (tertiary/aromatic N) is 2. The molecule has 20 heavy (non-hydrogen) atoms. The molecule has 0 N–H and O–H groups in total.